The number of hydrogen-bond acceptors (Lipinski definition) is 5. The highest BCUT2D eigenvalue weighted by Gasteiger charge is 2.20. The molecule has 1 heterocycles. The van der Waals surface area contributed by atoms with Crippen LogP contribution in [0.1, 0.15) is 27.6 Å². The molecule has 0 aliphatic carbocycles. The first kappa shape index (κ1) is 13.9. The predicted molar refractivity (Wildman–Crippen MR) is 75.1 cm³/mol. The van der Waals surface area contributed by atoms with Gasteiger partial charge in [-0.2, -0.15) is 0 Å². The van der Waals surface area contributed by atoms with Crippen molar-refractivity contribution in [3.63, 3.8) is 0 Å². The van der Waals surface area contributed by atoms with Crippen molar-refractivity contribution in [3.8, 4) is 0 Å². The number of aromatic amines is 1. The van der Waals surface area contributed by atoms with Crippen molar-refractivity contribution in [2.75, 3.05) is 26.1 Å². The first-order valence-corrected chi connectivity index (χ1v) is 6.21. The maximum Gasteiger partial charge on any atom is 0.342 e. The first-order chi connectivity index (χ1) is 9.62. The normalized spacial score (nSPS) is 10.3. The van der Waals surface area contributed by atoms with Crippen LogP contribution in [0.5, 0.6) is 0 Å². The molecule has 1 aromatic heterocycles. The Hall–Kier alpha value is -2.50. The van der Waals surface area contributed by atoms with Gasteiger partial charge in [0.25, 0.3) is 0 Å². The predicted octanol–water partition coefficient (Wildman–Crippen LogP) is 2.17. The second kappa shape index (κ2) is 5.64. The van der Waals surface area contributed by atoms with Crippen molar-refractivity contribution in [1.29, 1.82) is 0 Å². The van der Waals surface area contributed by atoms with Crippen LogP contribution in [0.15, 0.2) is 18.2 Å². The van der Waals surface area contributed by atoms with E-state index in [9.17, 15) is 9.59 Å². The maximum absolute atomic E-state index is 12.0. The zero-order valence-corrected chi connectivity index (χ0v) is 11.6. The molecule has 0 radical (unpaired) electrons. The summed E-state index contributed by atoms with van der Waals surface area (Å²) in [5.74, 6) is -0.278. The lowest BCUT2D eigenvalue weighted by atomic mass is 10.1. The minimum atomic E-state index is -0.426. The third-order valence-electron chi connectivity index (χ3n) is 2.95. The average Bonchev–Trinajstić information content (AvgIpc) is 2.84. The molecule has 0 spiro atoms. The number of carbonyl (C=O) groups excluding carboxylic acids is 2. The van der Waals surface area contributed by atoms with Crippen LogP contribution in [0.2, 0.25) is 0 Å². The molecule has 0 fully saturated rings. The van der Waals surface area contributed by atoms with Crippen LogP contribution in [0.3, 0.4) is 0 Å². The Morgan fingerprint density at radius 2 is 2.05 bits per heavy atom. The number of aromatic nitrogens is 1. The van der Waals surface area contributed by atoms with Crippen LogP contribution in [0.25, 0.3) is 10.9 Å². The Morgan fingerprint density at radius 1 is 1.30 bits per heavy atom. The Morgan fingerprint density at radius 3 is 2.65 bits per heavy atom. The van der Waals surface area contributed by atoms with Crippen LogP contribution in [0, 0.1) is 0 Å². The van der Waals surface area contributed by atoms with Gasteiger partial charge in [0, 0.05) is 18.0 Å². The highest BCUT2D eigenvalue weighted by atomic mass is 16.5. The Kier molecular flexibility index (Phi) is 3.93. The molecule has 106 valence electrons. The standard InChI is InChI=1S/C14H16N2O4/c1-4-20-14(18)11-9-6-5-8(13(17)19-3)7-10(9)16-12(11)15-2/h5-7,15-16H,4H2,1-3H3. The number of ether oxygens (including phenoxy) is 2. The minimum absolute atomic E-state index is 0.301. The van der Waals surface area contributed by atoms with E-state index in [1.807, 2.05) is 0 Å². The summed E-state index contributed by atoms with van der Waals surface area (Å²) in [6.45, 7) is 2.05. The molecule has 1 aromatic carbocycles. The van der Waals surface area contributed by atoms with Gasteiger partial charge in [0.15, 0.2) is 0 Å². The highest BCUT2D eigenvalue weighted by molar-refractivity contribution is 6.10. The van der Waals surface area contributed by atoms with Gasteiger partial charge in [0.2, 0.25) is 0 Å². The summed E-state index contributed by atoms with van der Waals surface area (Å²) in [5, 5.41) is 3.61. The number of H-pyrrole nitrogens is 1. The largest absolute Gasteiger partial charge is 0.465 e. The summed E-state index contributed by atoms with van der Waals surface area (Å²) in [6, 6.07) is 4.96. The Balaban J connectivity index is 2.57. The number of benzene rings is 1. The summed E-state index contributed by atoms with van der Waals surface area (Å²) in [4.78, 5) is 26.6. The number of fused-ring (bicyclic) bond motifs is 1. The third-order valence-corrected chi connectivity index (χ3v) is 2.95. The van der Waals surface area contributed by atoms with Crippen molar-refractivity contribution in [3.05, 3.63) is 29.3 Å². The molecule has 0 unspecified atom stereocenters. The van der Waals surface area contributed by atoms with Gasteiger partial charge in [-0.15, -0.1) is 0 Å². The van der Waals surface area contributed by atoms with Crippen molar-refractivity contribution in [1.82, 2.24) is 4.98 Å². The molecule has 2 rings (SSSR count). The number of methoxy groups -OCH3 is 1. The minimum Gasteiger partial charge on any atom is -0.465 e. The number of carbonyl (C=O) groups is 2. The summed E-state index contributed by atoms with van der Waals surface area (Å²) in [6.07, 6.45) is 0. The fourth-order valence-corrected chi connectivity index (χ4v) is 2.05. The smallest absolute Gasteiger partial charge is 0.342 e. The summed E-state index contributed by atoms with van der Waals surface area (Å²) < 4.78 is 9.72. The van der Waals surface area contributed by atoms with Crippen LogP contribution in [0.4, 0.5) is 5.82 Å². The molecule has 2 N–H and O–H groups in total. The third kappa shape index (κ3) is 2.32. The van der Waals surface area contributed by atoms with E-state index in [-0.39, 0.29) is 0 Å². The van der Waals surface area contributed by atoms with Crippen molar-refractivity contribution in [2.45, 2.75) is 6.92 Å². The molecular formula is C14H16N2O4. The molecule has 0 atom stereocenters. The van der Waals surface area contributed by atoms with Gasteiger partial charge in [-0.05, 0) is 19.1 Å². The van der Waals surface area contributed by atoms with E-state index in [2.05, 4.69) is 15.0 Å². The van der Waals surface area contributed by atoms with E-state index in [4.69, 9.17) is 4.74 Å². The molecule has 0 amide bonds. The molecule has 20 heavy (non-hydrogen) atoms. The lowest BCUT2D eigenvalue weighted by molar-refractivity contribution is 0.0529. The molecule has 0 aliphatic rings. The lowest BCUT2D eigenvalue weighted by Gasteiger charge is -2.03. The molecule has 6 nitrogen and oxygen atoms in total. The van der Waals surface area contributed by atoms with Crippen LogP contribution in [-0.4, -0.2) is 37.7 Å². The SMILES string of the molecule is CCOC(=O)c1c(NC)[nH]c2cc(C(=O)OC)ccc12. The molecule has 0 aliphatic heterocycles. The van der Waals surface area contributed by atoms with E-state index in [1.54, 1.807) is 32.2 Å². The van der Waals surface area contributed by atoms with Gasteiger partial charge < -0.3 is 19.8 Å². The summed E-state index contributed by atoms with van der Waals surface area (Å²) in [7, 11) is 3.03. The highest BCUT2D eigenvalue weighted by Crippen LogP contribution is 2.27. The zero-order chi connectivity index (χ0) is 14.7. The van der Waals surface area contributed by atoms with E-state index < -0.39 is 11.9 Å². The topological polar surface area (TPSA) is 80.4 Å². The fraction of sp³-hybridized carbons (Fsp3) is 0.286. The van der Waals surface area contributed by atoms with Crippen LogP contribution in [-0.2, 0) is 9.47 Å². The van der Waals surface area contributed by atoms with Gasteiger partial charge in [-0.3, -0.25) is 0 Å². The fourth-order valence-electron chi connectivity index (χ4n) is 2.05. The molecule has 0 saturated carbocycles. The van der Waals surface area contributed by atoms with Crippen molar-refractivity contribution >= 4 is 28.7 Å². The van der Waals surface area contributed by atoms with Crippen LogP contribution < -0.4 is 5.32 Å². The van der Waals surface area contributed by atoms with Gasteiger partial charge in [-0.1, -0.05) is 6.07 Å². The maximum atomic E-state index is 12.0. The van der Waals surface area contributed by atoms with Gasteiger partial charge in [0.05, 0.1) is 19.3 Å². The van der Waals surface area contributed by atoms with Gasteiger partial charge in [0.1, 0.15) is 11.4 Å². The van der Waals surface area contributed by atoms with Crippen LogP contribution >= 0.6 is 0 Å². The second-order valence-corrected chi connectivity index (χ2v) is 4.10. The monoisotopic (exact) mass is 276 g/mol. The molecule has 6 heteroatoms. The quantitative estimate of drug-likeness (QED) is 0.836. The Bertz CT molecular complexity index is 660. The average molecular weight is 276 g/mol. The zero-order valence-electron chi connectivity index (χ0n) is 11.6. The van der Waals surface area contributed by atoms with Gasteiger partial charge >= 0.3 is 11.9 Å². The van der Waals surface area contributed by atoms with Crippen molar-refractivity contribution < 1.29 is 19.1 Å². The number of rotatable bonds is 4. The summed E-state index contributed by atoms with van der Waals surface area (Å²) >= 11 is 0. The molecule has 0 bridgehead atoms. The molecule has 2 aromatic rings. The number of anilines is 1. The Labute approximate surface area is 116 Å². The van der Waals surface area contributed by atoms with E-state index in [0.29, 0.717) is 34.5 Å². The van der Waals surface area contributed by atoms with E-state index in [1.165, 1.54) is 7.11 Å². The summed E-state index contributed by atoms with van der Waals surface area (Å²) in [5.41, 5.74) is 1.51. The lowest BCUT2D eigenvalue weighted by Crippen LogP contribution is -2.07. The number of nitrogens with one attached hydrogen (secondary N) is 2. The van der Waals surface area contributed by atoms with Crippen molar-refractivity contribution in [2.24, 2.45) is 0 Å². The second-order valence-electron chi connectivity index (χ2n) is 4.10. The first-order valence-electron chi connectivity index (χ1n) is 6.21. The number of hydrogen-bond donors (Lipinski definition) is 2. The van der Waals surface area contributed by atoms with E-state index >= 15 is 0 Å². The van der Waals surface area contributed by atoms with Gasteiger partial charge in [-0.25, -0.2) is 9.59 Å². The number of esters is 2. The van der Waals surface area contributed by atoms with E-state index in [0.717, 1.165) is 0 Å². The molecular weight excluding hydrogens is 260 g/mol. The molecule has 0 saturated heterocycles.